The molecule has 0 bridgehead atoms. The number of benzene rings is 1. The van der Waals surface area contributed by atoms with Crippen LogP contribution in [-0.4, -0.2) is 16.0 Å². The van der Waals surface area contributed by atoms with E-state index in [1.807, 2.05) is 0 Å². The number of imidazole rings is 1. The topological polar surface area (TPSA) is 54.7 Å². The normalized spacial score (nSPS) is 13.2. The van der Waals surface area contributed by atoms with Crippen LogP contribution >= 0.6 is 0 Å². The Bertz CT molecular complexity index is 460. The number of aromatic amines is 1. The van der Waals surface area contributed by atoms with E-state index >= 15 is 0 Å². The Morgan fingerprint density at radius 2 is 2.00 bits per heavy atom. The zero-order valence-electron chi connectivity index (χ0n) is 10.2. The van der Waals surface area contributed by atoms with Crippen LogP contribution in [0.4, 0.5) is 0 Å². The third-order valence-electron chi connectivity index (χ3n) is 3.13. The van der Waals surface area contributed by atoms with Crippen molar-refractivity contribution in [2.45, 2.75) is 39.7 Å². The number of aryl methyl sites for hydroxylation is 2. The van der Waals surface area contributed by atoms with Crippen LogP contribution in [0, 0.1) is 13.8 Å². The van der Waals surface area contributed by atoms with Gasteiger partial charge in [0.05, 0.1) is 11.0 Å². The van der Waals surface area contributed by atoms with Gasteiger partial charge in [-0.2, -0.15) is 0 Å². The van der Waals surface area contributed by atoms with Crippen molar-refractivity contribution in [1.29, 1.82) is 0 Å². The maximum absolute atomic E-state index is 5.93. The van der Waals surface area contributed by atoms with Crippen molar-refractivity contribution < 1.29 is 0 Å². The molecule has 1 aromatic heterocycles. The second kappa shape index (κ2) is 4.26. The lowest BCUT2D eigenvalue weighted by atomic mass is 10.1. The summed E-state index contributed by atoms with van der Waals surface area (Å²) in [5, 5.41) is 0. The largest absolute Gasteiger partial charge is 0.342 e. The van der Waals surface area contributed by atoms with E-state index in [2.05, 4.69) is 42.9 Å². The first-order valence-electron chi connectivity index (χ1n) is 5.81. The van der Waals surface area contributed by atoms with Gasteiger partial charge in [-0.15, -0.1) is 0 Å². The van der Waals surface area contributed by atoms with Gasteiger partial charge in [0, 0.05) is 12.5 Å². The molecular formula is C13H19N3. The molecular weight excluding hydrogens is 198 g/mol. The molecule has 16 heavy (non-hydrogen) atoms. The molecule has 1 heterocycles. The van der Waals surface area contributed by atoms with Gasteiger partial charge in [0.1, 0.15) is 5.82 Å². The van der Waals surface area contributed by atoms with Crippen molar-refractivity contribution in [2.75, 3.05) is 0 Å². The molecule has 86 valence electrons. The fourth-order valence-electron chi connectivity index (χ4n) is 1.81. The van der Waals surface area contributed by atoms with E-state index in [1.165, 1.54) is 11.1 Å². The Hall–Kier alpha value is -1.35. The van der Waals surface area contributed by atoms with Crippen molar-refractivity contribution in [1.82, 2.24) is 9.97 Å². The average Bonchev–Trinajstić information content (AvgIpc) is 2.60. The summed E-state index contributed by atoms with van der Waals surface area (Å²) < 4.78 is 0. The number of nitrogens with two attached hydrogens (primary N) is 1. The number of H-pyrrole nitrogens is 1. The zero-order valence-corrected chi connectivity index (χ0v) is 10.2. The van der Waals surface area contributed by atoms with E-state index in [0.29, 0.717) is 0 Å². The van der Waals surface area contributed by atoms with Gasteiger partial charge in [0.25, 0.3) is 0 Å². The highest BCUT2D eigenvalue weighted by Gasteiger charge is 2.07. The van der Waals surface area contributed by atoms with Crippen molar-refractivity contribution in [3.05, 3.63) is 29.1 Å². The highest BCUT2D eigenvalue weighted by Crippen LogP contribution is 2.17. The number of aromatic nitrogens is 2. The van der Waals surface area contributed by atoms with Crippen LogP contribution in [0.3, 0.4) is 0 Å². The first-order valence-corrected chi connectivity index (χ1v) is 5.81. The van der Waals surface area contributed by atoms with Crippen LogP contribution in [0.25, 0.3) is 11.0 Å². The van der Waals surface area contributed by atoms with E-state index in [0.717, 1.165) is 29.7 Å². The zero-order chi connectivity index (χ0) is 11.7. The second-order valence-electron chi connectivity index (χ2n) is 4.51. The van der Waals surface area contributed by atoms with Crippen molar-refractivity contribution in [2.24, 2.45) is 5.73 Å². The van der Waals surface area contributed by atoms with Gasteiger partial charge in [-0.05, 0) is 43.5 Å². The Morgan fingerprint density at radius 1 is 1.31 bits per heavy atom. The number of nitrogens with zero attached hydrogens (tertiary/aromatic N) is 1. The molecule has 0 aliphatic heterocycles. The van der Waals surface area contributed by atoms with Crippen molar-refractivity contribution >= 4 is 11.0 Å². The molecule has 1 unspecified atom stereocenters. The van der Waals surface area contributed by atoms with Gasteiger partial charge < -0.3 is 10.7 Å². The van der Waals surface area contributed by atoms with E-state index in [1.54, 1.807) is 0 Å². The van der Waals surface area contributed by atoms with Crippen LogP contribution in [0.1, 0.15) is 30.3 Å². The van der Waals surface area contributed by atoms with E-state index < -0.39 is 0 Å². The molecule has 0 fully saturated rings. The summed E-state index contributed by atoms with van der Waals surface area (Å²) in [4.78, 5) is 7.90. The van der Waals surface area contributed by atoms with Gasteiger partial charge in [-0.25, -0.2) is 4.98 Å². The lowest BCUT2D eigenvalue weighted by Crippen LogP contribution is -2.21. The molecule has 0 saturated heterocycles. The van der Waals surface area contributed by atoms with E-state index in [9.17, 15) is 0 Å². The summed E-state index contributed by atoms with van der Waals surface area (Å²) in [7, 11) is 0. The Balaban J connectivity index is 2.36. The predicted molar refractivity (Wildman–Crippen MR) is 67.5 cm³/mol. The number of hydrogen-bond donors (Lipinski definition) is 2. The van der Waals surface area contributed by atoms with E-state index in [-0.39, 0.29) is 6.04 Å². The van der Waals surface area contributed by atoms with Gasteiger partial charge in [-0.3, -0.25) is 0 Å². The number of hydrogen-bond acceptors (Lipinski definition) is 2. The molecule has 1 atom stereocenters. The lowest BCUT2D eigenvalue weighted by molar-refractivity contribution is 0.630. The van der Waals surface area contributed by atoms with Crippen LogP contribution in [-0.2, 0) is 6.42 Å². The Kier molecular flexibility index (Phi) is 2.97. The molecule has 0 aliphatic rings. The van der Waals surface area contributed by atoms with Crippen LogP contribution in [0.5, 0.6) is 0 Å². The van der Waals surface area contributed by atoms with E-state index in [4.69, 9.17) is 5.73 Å². The summed E-state index contributed by atoms with van der Waals surface area (Å²) >= 11 is 0. The highest BCUT2D eigenvalue weighted by atomic mass is 14.9. The van der Waals surface area contributed by atoms with Gasteiger partial charge in [0.2, 0.25) is 0 Å². The van der Waals surface area contributed by atoms with Crippen LogP contribution < -0.4 is 5.73 Å². The molecule has 3 nitrogen and oxygen atoms in total. The fourth-order valence-corrected chi connectivity index (χ4v) is 1.81. The van der Waals surface area contributed by atoms with Crippen molar-refractivity contribution in [3.8, 4) is 0 Å². The monoisotopic (exact) mass is 217 g/mol. The first kappa shape index (κ1) is 11.1. The minimum atomic E-state index is 0.197. The molecule has 0 saturated carbocycles. The smallest absolute Gasteiger partial charge is 0.108 e. The summed E-state index contributed by atoms with van der Waals surface area (Å²) in [6.07, 6.45) is 1.80. The quantitative estimate of drug-likeness (QED) is 0.829. The van der Waals surface area contributed by atoms with Gasteiger partial charge in [0.15, 0.2) is 0 Å². The summed E-state index contributed by atoms with van der Waals surface area (Å²) in [5.74, 6) is 0.995. The molecule has 0 spiro atoms. The second-order valence-corrected chi connectivity index (χ2v) is 4.51. The highest BCUT2D eigenvalue weighted by molar-refractivity contribution is 5.77. The average molecular weight is 217 g/mol. The molecule has 1 aromatic carbocycles. The Morgan fingerprint density at radius 3 is 2.69 bits per heavy atom. The number of rotatable bonds is 3. The van der Waals surface area contributed by atoms with Gasteiger partial charge in [-0.1, -0.05) is 6.92 Å². The van der Waals surface area contributed by atoms with Crippen LogP contribution in [0.2, 0.25) is 0 Å². The number of fused-ring (bicyclic) bond motifs is 1. The molecule has 2 rings (SSSR count). The molecule has 3 heteroatoms. The molecule has 2 aromatic rings. The minimum Gasteiger partial charge on any atom is -0.342 e. The summed E-state index contributed by atoms with van der Waals surface area (Å²) in [6, 6.07) is 4.48. The van der Waals surface area contributed by atoms with Crippen molar-refractivity contribution in [3.63, 3.8) is 0 Å². The minimum absolute atomic E-state index is 0.197. The maximum atomic E-state index is 5.93. The molecule has 0 aliphatic carbocycles. The standard InChI is InChI=1S/C13H19N3/c1-4-10(14)7-13-15-11-5-8(2)9(3)6-12(11)16-13/h5-6,10H,4,7,14H2,1-3H3,(H,15,16). The lowest BCUT2D eigenvalue weighted by Gasteiger charge is -2.04. The fraction of sp³-hybridized carbons (Fsp3) is 0.462. The molecule has 0 radical (unpaired) electrons. The predicted octanol–water partition coefficient (Wildman–Crippen LogP) is 2.46. The number of nitrogens with one attached hydrogen (secondary N) is 1. The van der Waals surface area contributed by atoms with Gasteiger partial charge >= 0.3 is 0 Å². The summed E-state index contributed by atoms with van der Waals surface area (Å²) in [6.45, 7) is 6.33. The third kappa shape index (κ3) is 2.09. The first-order chi connectivity index (χ1) is 7.60. The SMILES string of the molecule is CCC(N)Cc1nc2cc(C)c(C)cc2[nH]1. The maximum Gasteiger partial charge on any atom is 0.108 e. The van der Waals surface area contributed by atoms with Crippen LogP contribution in [0.15, 0.2) is 12.1 Å². The molecule has 0 amide bonds. The Labute approximate surface area is 96.1 Å². The molecule has 3 N–H and O–H groups in total. The summed E-state index contributed by atoms with van der Waals surface area (Å²) in [5.41, 5.74) is 10.7. The third-order valence-corrected chi connectivity index (χ3v) is 3.13.